The number of aliphatic hydroxyl groups is 5. The Morgan fingerprint density at radius 3 is 2.32 bits per heavy atom. The van der Waals surface area contributed by atoms with Crippen LogP contribution in [-0.2, 0) is 11.3 Å². The van der Waals surface area contributed by atoms with Gasteiger partial charge in [-0.05, 0) is 28.3 Å². The number of hydrogen-bond acceptors (Lipinski definition) is 6. The van der Waals surface area contributed by atoms with E-state index in [2.05, 4.69) is 0 Å². The molecule has 134 valence electrons. The van der Waals surface area contributed by atoms with Crippen LogP contribution in [-0.4, -0.2) is 56.6 Å². The zero-order valence-electron chi connectivity index (χ0n) is 13.6. The second-order valence-corrected chi connectivity index (χ2v) is 6.19. The predicted octanol–water partition coefficient (Wildman–Crippen LogP) is 0.361. The van der Waals surface area contributed by atoms with E-state index in [4.69, 9.17) is 4.74 Å². The first-order valence-corrected chi connectivity index (χ1v) is 8.16. The average molecular weight is 346 g/mol. The van der Waals surface area contributed by atoms with E-state index in [9.17, 15) is 25.5 Å². The Kier molecular flexibility index (Phi) is 5.48. The van der Waals surface area contributed by atoms with E-state index in [1.54, 1.807) is 18.2 Å². The highest BCUT2D eigenvalue weighted by Crippen LogP contribution is 2.34. The first-order chi connectivity index (χ1) is 12.1. The molecular weight excluding hydrogens is 324 g/mol. The molecule has 0 spiro atoms. The van der Waals surface area contributed by atoms with E-state index in [0.717, 1.165) is 16.7 Å². The summed E-state index contributed by atoms with van der Waals surface area (Å²) in [6.07, 6.45) is -5.94. The molecule has 2 aromatic carbocycles. The molecule has 0 aromatic heterocycles. The van der Waals surface area contributed by atoms with Crippen molar-refractivity contribution in [3.63, 3.8) is 0 Å². The summed E-state index contributed by atoms with van der Waals surface area (Å²) in [4.78, 5) is 0. The first kappa shape index (κ1) is 18.0. The van der Waals surface area contributed by atoms with Crippen LogP contribution in [0, 0.1) is 0 Å². The smallest absolute Gasteiger partial charge is 0.113 e. The van der Waals surface area contributed by atoms with Crippen LogP contribution in [0.5, 0.6) is 0 Å². The topological polar surface area (TPSA) is 110 Å². The molecule has 1 aliphatic rings. The molecule has 5 N–H and O–H groups in total. The van der Waals surface area contributed by atoms with Crippen LogP contribution in [0.25, 0.3) is 11.1 Å². The van der Waals surface area contributed by atoms with Crippen molar-refractivity contribution in [2.24, 2.45) is 0 Å². The van der Waals surface area contributed by atoms with E-state index in [1.165, 1.54) is 0 Å². The summed E-state index contributed by atoms with van der Waals surface area (Å²) in [7, 11) is 0. The number of aliphatic hydroxyl groups excluding tert-OH is 5. The Morgan fingerprint density at radius 2 is 1.60 bits per heavy atom. The van der Waals surface area contributed by atoms with Crippen molar-refractivity contribution < 1.29 is 30.3 Å². The fourth-order valence-corrected chi connectivity index (χ4v) is 3.20. The molecule has 5 atom stereocenters. The van der Waals surface area contributed by atoms with Gasteiger partial charge in [0.2, 0.25) is 0 Å². The third-order valence-corrected chi connectivity index (χ3v) is 4.61. The minimum absolute atomic E-state index is 0.0968. The van der Waals surface area contributed by atoms with Gasteiger partial charge in [0.1, 0.15) is 30.5 Å². The lowest BCUT2D eigenvalue weighted by molar-refractivity contribution is -0.231. The molecule has 25 heavy (non-hydrogen) atoms. The van der Waals surface area contributed by atoms with Crippen molar-refractivity contribution >= 4 is 0 Å². The van der Waals surface area contributed by atoms with Crippen molar-refractivity contribution in [1.82, 2.24) is 0 Å². The maximum absolute atomic E-state index is 10.3. The molecule has 1 saturated heterocycles. The van der Waals surface area contributed by atoms with Gasteiger partial charge in [0.05, 0.1) is 13.2 Å². The van der Waals surface area contributed by atoms with Gasteiger partial charge in [-0.25, -0.2) is 0 Å². The fraction of sp³-hybridized carbons (Fsp3) is 0.368. The molecule has 1 fully saturated rings. The van der Waals surface area contributed by atoms with Gasteiger partial charge in [-0.15, -0.1) is 0 Å². The Balaban J connectivity index is 1.96. The highest BCUT2D eigenvalue weighted by molar-refractivity contribution is 5.68. The maximum atomic E-state index is 10.3. The van der Waals surface area contributed by atoms with Crippen molar-refractivity contribution in [3.8, 4) is 11.1 Å². The molecule has 3 rings (SSSR count). The Hall–Kier alpha value is -1.80. The van der Waals surface area contributed by atoms with Crippen molar-refractivity contribution in [1.29, 1.82) is 0 Å². The molecule has 0 saturated carbocycles. The normalized spacial score (nSPS) is 29.6. The molecular formula is C19H22O6. The van der Waals surface area contributed by atoms with Crippen LogP contribution in [0.3, 0.4) is 0 Å². The summed E-state index contributed by atoms with van der Waals surface area (Å²) in [6, 6.07) is 14.7. The minimum Gasteiger partial charge on any atom is -0.394 e. The lowest BCUT2D eigenvalue weighted by Crippen LogP contribution is -2.55. The second-order valence-electron chi connectivity index (χ2n) is 6.19. The van der Waals surface area contributed by atoms with Crippen LogP contribution < -0.4 is 0 Å². The molecule has 0 amide bonds. The van der Waals surface area contributed by atoms with Crippen molar-refractivity contribution in [3.05, 3.63) is 59.7 Å². The van der Waals surface area contributed by atoms with Gasteiger partial charge in [0.25, 0.3) is 0 Å². The summed E-state index contributed by atoms with van der Waals surface area (Å²) in [5.41, 5.74) is 3.08. The van der Waals surface area contributed by atoms with Crippen molar-refractivity contribution in [2.75, 3.05) is 6.61 Å². The minimum atomic E-state index is -1.41. The zero-order chi connectivity index (χ0) is 18.0. The molecule has 2 aromatic rings. The Labute approximate surface area is 145 Å². The van der Waals surface area contributed by atoms with Crippen LogP contribution in [0.15, 0.2) is 48.5 Å². The van der Waals surface area contributed by atoms with E-state index >= 15 is 0 Å². The van der Waals surface area contributed by atoms with Crippen LogP contribution in [0.4, 0.5) is 0 Å². The van der Waals surface area contributed by atoms with Gasteiger partial charge < -0.3 is 30.3 Å². The maximum Gasteiger partial charge on any atom is 0.113 e. The van der Waals surface area contributed by atoms with E-state index in [0.29, 0.717) is 5.56 Å². The van der Waals surface area contributed by atoms with Gasteiger partial charge >= 0.3 is 0 Å². The number of ether oxygens (including phenoxy) is 1. The lowest BCUT2D eigenvalue weighted by atomic mass is 9.89. The summed E-state index contributed by atoms with van der Waals surface area (Å²) in [5, 5.41) is 49.0. The molecule has 3 unspecified atom stereocenters. The first-order valence-electron chi connectivity index (χ1n) is 8.16. The second kappa shape index (κ2) is 7.61. The van der Waals surface area contributed by atoms with Gasteiger partial charge in [0, 0.05) is 0 Å². The van der Waals surface area contributed by atoms with E-state index in [1.807, 2.05) is 30.3 Å². The highest BCUT2D eigenvalue weighted by Gasteiger charge is 2.43. The summed E-state index contributed by atoms with van der Waals surface area (Å²) < 4.78 is 5.60. The zero-order valence-corrected chi connectivity index (χ0v) is 13.6. The van der Waals surface area contributed by atoms with Crippen LogP contribution in [0.2, 0.25) is 0 Å². The molecule has 1 aliphatic heterocycles. The fourth-order valence-electron chi connectivity index (χ4n) is 3.20. The van der Waals surface area contributed by atoms with E-state index in [-0.39, 0.29) is 6.61 Å². The molecule has 6 nitrogen and oxygen atoms in total. The Morgan fingerprint density at radius 1 is 0.840 bits per heavy atom. The third-order valence-electron chi connectivity index (χ3n) is 4.61. The third kappa shape index (κ3) is 3.46. The summed E-state index contributed by atoms with van der Waals surface area (Å²) in [5.74, 6) is 0. The van der Waals surface area contributed by atoms with E-state index < -0.39 is 37.1 Å². The van der Waals surface area contributed by atoms with Gasteiger partial charge in [-0.2, -0.15) is 0 Å². The quantitative estimate of drug-likeness (QED) is 0.547. The highest BCUT2D eigenvalue weighted by atomic mass is 16.5. The summed E-state index contributed by atoms with van der Waals surface area (Å²) in [6.45, 7) is -0.561. The predicted molar refractivity (Wildman–Crippen MR) is 90.5 cm³/mol. The molecule has 1 heterocycles. The summed E-state index contributed by atoms with van der Waals surface area (Å²) >= 11 is 0. The number of rotatable bonds is 4. The molecule has 6 heteroatoms. The van der Waals surface area contributed by atoms with Crippen molar-refractivity contribution in [2.45, 2.75) is 37.1 Å². The monoisotopic (exact) mass is 346 g/mol. The van der Waals surface area contributed by atoms with Crippen LogP contribution in [0.1, 0.15) is 17.2 Å². The number of benzene rings is 2. The lowest BCUT2D eigenvalue weighted by Gasteiger charge is -2.40. The molecule has 0 radical (unpaired) electrons. The van der Waals surface area contributed by atoms with Crippen LogP contribution >= 0.6 is 0 Å². The Bertz CT molecular complexity index is 717. The largest absolute Gasteiger partial charge is 0.394 e. The van der Waals surface area contributed by atoms with Gasteiger partial charge in [-0.3, -0.25) is 0 Å². The average Bonchev–Trinajstić information content (AvgIpc) is 2.66. The number of hydrogen-bond donors (Lipinski definition) is 5. The van der Waals surface area contributed by atoms with Gasteiger partial charge in [-0.1, -0.05) is 42.5 Å². The standard InChI is InChI=1S/C19H22O6/c20-9-13-4-1-2-7-14(13)11-5-3-6-12(8-11)19-18(24)17(23)16(22)15(10-21)25-19/h1-8,15-24H,9-10H2/t15?,16-,17?,18?,19-/m1/s1. The molecule has 0 aliphatic carbocycles. The van der Waals surface area contributed by atoms with Gasteiger partial charge in [0.15, 0.2) is 0 Å². The molecule has 0 bridgehead atoms. The SMILES string of the molecule is OCc1ccccc1-c1cccc([C@H]2OC(CO)[C@@H](O)C(O)C2O)c1.